The van der Waals surface area contributed by atoms with E-state index in [-0.39, 0.29) is 11.7 Å². The number of hydrogen-bond donors (Lipinski definition) is 1. The average molecular weight is 345 g/mol. The lowest BCUT2D eigenvalue weighted by Gasteiger charge is -2.24. The molecule has 2 saturated heterocycles. The molecular weight excluding hydrogens is 322 g/mol. The molecule has 2 fully saturated rings. The molecule has 134 valence electrons. The van der Waals surface area contributed by atoms with Crippen molar-refractivity contribution in [3.8, 4) is 11.6 Å². The van der Waals surface area contributed by atoms with Crippen molar-refractivity contribution in [2.24, 2.45) is 7.05 Å². The van der Waals surface area contributed by atoms with E-state index in [0.717, 1.165) is 43.7 Å². The van der Waals surface area contributed by atoms with Gasteiger partial charge < -0.3 is 19.0 Å². The van der Waals surface area contributed by atoms with Gasteiger partial charge in [0.15, 0.2) is 0 Å². The zero-order valence-corrected chi connectivity index (χ0v) is 14.6. The van der Waals surface area contributed by atoms with E-state index in [1.807, 2.05) is 30.7 Å². The second kappa shape index (κ2) is 6.18. The molecule has 1 N–H and O–H groups in total. The minimum atomic E-state index is -0.341. The number of amides is 1. The highest BCUT2D eigenvalue weighted by molar-refractivity contribution is 5.70. The quantitative estimate of drug-likeness (QED) is 0.914. The summed E-state index contributed by atoms with van der Waals surface area (Å²) < 4.78 is 13.4. The van der Waals surface area contributed by atoms with Crippen LogP contribution in [-0.2, 0) is 18.3 Å². The number of rotatable bonds is 3. The number of likely N-dealkylation sites (tertiary alicyclic amines) is 1. The summed E-state index contributed by atoms with van der Waals surface area (Å²) >= 11 is 0. The Morgan fingerprint density at radius 1 is 1.28 bits per heavy atom. The van der Waals surface area contributed by atoms with Gasteiger partial charge in [0.1, 0.15) is 11.3 Å². The van der Waals surface area contributed by atoms with Gasteiger partial charge in [-0.1, -0.05) is 0 Å². The molecule has 0 saturated carbocycles. The maximum Gasteiger partial charge on any atom is 0.407 e. The van der Waals surface area contributed by atoms with Crippen molar-refractivity contribution in [1.82, 2.24) is 25.0 Å². The third-order valence-electron chi connectivity index (χ3n) is 5.27. The SMILES string of the molecule is Cc1ccc(-c2nnc(CN3CCC[C@]4(CC3)CNC(=O)O4)o2)n1C. The van der Waals surface area contributed by atoms with Gasteiger partial charge in [-0.15, -0.1) is 10.2 Å². The third-order valence-corrected chi connectivity index (χ3v) is 5.27. The fraction of sp³-hybridized carbons (Fsp3) is 0.588. The van der Waals surface area contributed by atoms with Crippen LogP contribution in [0.4, 0.5) is 4.79 Å². The van der Waals surface area contributed by atoms with E-state index in [0.29, 0.717) is 24.9 Å². The summed E-state index contributed by atoms with van der Waals surface area (Å²) in [4.78, 5) is 13.7. The van der Waals surface area contributed by atoms with E-state index in [4.69, 9.17) is 9.15 Å². The topological polar surface area (TPSA) is 85.4 Å². The fourth-order valence-electron chi connectivity index (χ4n) is 3.60. The summed E-state index contributed by atoms with van der Waals surface area (Å²) in [6.07, 6.45) is 2.39. The Labute approximate surface area is 146 Å². The monoisotopic (exact) mass is 345 g/mol. The van der Waals surface area contributed by atoms with Gasteiger partial charge >= 0.3 is 6.09 Å². The molecule has 25 heavy (non-hydrogen) atoms. The summed E-state index contributed by atoms with van der Waals surface area (Å²) in [6.45, 7) is 5.04. The van der Waals surface area contributed by atoms with E-state index in [9.17, 15) is 4.79 Å². The minimum absolute atomic E-state index is 0.298. The van der Waals surface area contributed by atoms with Crippen LogP contribution in [0.25, 0.3) is 11.6 Å². The fourth-order valence-corrected chi connectivity index (χ4v) is 3.60. The molecule has 0 unspecified atom stereocenters. The van der Waals surface area contributed by atoms with Crippen molar-refractivity contribution < 1.29 is 13.9 Å². The van der Waals surface area contributed by atoms with E-state index >= 15 is 0 Å². The Morgan fingerprint density at radius 3 is 2.88 bits per heavy atom. The van der Waals surface area contributed by atoms with Gasteiger partial charge in [-0.2, -0.15) is 0 Å². The molecule has 0 aliphatic carbocycles. The lowest BCUT2D eigenvalue weighted by molar-refractivity contribution is 0.0440. The first-order valence-electron chi connectivity index (χ1n) is 8.69. The van der Waals surface area contributed by atoms with E-state index in [2.05, 4.69) is 20.4 Å². The summed E-state index contributed by atoms with van der Waals surface area (Å²) in [5.41, 5.74) is 1.73. The van der Waals surface area contributed by atoms with Crippen LogP contribution in [0, 0.1) is 6.92 Å². The van der Waals surface area contributed by atoms with Gasteiger partial charge in [0.05, 0.1) is 13.1 Å². The number of hydrogen-bond acceptors (Lipinski definition) is 6. The average Bonchev–Trinajstić information content (AvgIpc) is 3.23. The van der Waals surface area contributed by atoms with Gasteiger partial charge in [-0.3, -0.25) is 4.90 Å². The highest BCUT2D eigenvalue weighted by Crippen LogP contribution is 2.30. The van der Waals surface area contributed by atoms with Crippen LogP contribution in [-0.4, -0.2) is 51.0 Å². The Balaban J connectivity index is 1.41. The standard InChI is InChI=1S/C17H23N5O3/c1-12-4-5-13(21(12)2)15-20-19-14(24-15)10-22-8-3-6-17(7-9-22)11-18-16(23)25-17/h4-5H,3,6-11H2,1-2H3,(H,18,23)/t17-/m0/s1. The van der Waals surface area contributed by atoms with Crippen molar-refractivity contribution in [3.05, 3.63) is 23.7 Å². The Morgan fingerprint density at radius 2 is 2.16 bits per heavy atom. The van der Waals surface area contributed by atoms with Crippen molar-refractivity contribution in [2.45, 2.75) is 38.3 Å². The van der Waals surface area contributed by atoms with Gasteiger partial charge in [-0.25, -0.2) is 4.79 Å². The van der Waals surface area contributed by atoms with Crippen molar-refractivity contribution in [2.75, 3.05) is 19.6 Å². The molecule has 2 aromatic heterocycles. The molecule has 4 heterocycles. The van der Waals surface area contributed by atoms with Crippen LogP contribution in [0.3, 0.4) is 0 Å². The van der Waals surface area contributed by atoms with E-state index in [1.165, 1.54) is 0 Å². The lowest BCUT2D eigenvalue weighted by atomic mass is 9.95. The van der Waals surface area contributed by atoms with Crippen molar-refractivity contribution in [3.63, 3.8) is 0 Å². The number of aromatic nitrogens is 3. The highest BCUT2D eigenvalue weighted by Gasteiger charge is 2.41. The van der Waals surface area contributed by atoms with Crippen LogP contribution < -0.4 is 5.32 Å². The Bertz CT molecular complexity index is 783. The number of aryl methyl sites for hydroxylation is 1. The Hall–Kier alpha value is -2.35. The normalized spacial score (nSPS) is 24.3. The number of nitrogens with zero attached hydrogens (tertiary/aromatic N) is 4. The smallest absolute Gasteiger partial charge is 0.407 e. The first-order chi connectivity index (χ1) is 12.0. The predicted octanol–water partition coefficient (Wildman–Crippen LogP) is 1.85. The number of carbonyl (C=O) groups excluding carboxylic acids is 1. The molecule has 2 aliphatic heterocycles. The number of alkyl carbamates (subject to hydrolysis) is 1. The lowest BCUT2D eigenvalue weighted by Crippen LogP contribution is -2.34. The van der Waals surface area contributed by atoms with Crippen LogP contribution in [0.1, 0.15) is 30.8 Å². The van der Waals surface area contributed by atoms with Crippen LogP contribution in [0.5, 0.6) is 0 Å². The molecule has 1 atom stereocenters. The molecule has 8 nitrogen and oxygen atoms in total. The maximum atomic E-state index is 11.4. The second-order valence-corrected chi connectivity index (χ2v) is 6.98. The predicted molar refractivity (Wildman–Crippen MR) is 89.8 cm³/mol. The summed E-state index contributed by atoms with van der Waals surface area (Å²) in [5.74, 6) is 1.16. The van der Waals surface area contributed by atoms with Crippen LogP contribution >= 0.6 is 0 Å². The molecule has 4 rings (SSSR count). The number of ether oxygens (including phenoxy) is 1. The molecule has 1 amide bonds. The molecule has 2 aliphatic rings. The molecule has 0 radical (unpaired) electrons. The first kappa shape index (κ1) is 16.1. The van der Waals surface area contributed by atoms with Gasteiger partial charge in [-0.05, 0) is 38.4 Å². The van der Waals surface area contributed by atoms with E-state index < -0.39 is 0 Å². The van der Waals surface area contributed by atoms with Crippen LogP contribution in [0.2, 0.25) is 0 Å². The zero-order valence-electron chi connectivity index (χ0n) is 14.6. The van der Waals surface area contributed by atoms with Crippen molar-refractivity contribution >= 4 is 6.09 Å². The van der Waals surface area contributed by atoms with Gasteiger partial charge in [0.25, 0.3) is 5.89 Å². The largest absolute Gasteiger partial charge is 0.441 e. The van der Waals surface area contributed by atoms with Crippen LogP contribution in [0.15, 0.2) is 16.5 Å². The summed E-state index contributed by atoms with van der Waals surface area (Å²) in [6, 6.07) is 4.02. The number of nitrogens with one attached hydrogen (secondary N) is 1. The van der Waals surface area contributed by atoms with Gasteiger partial charge in [0.2, 0.25) is 5.89 Å². The Kier molecular flexibility index (Phi) is 3.99. The second-order valence-electron chi connectivity index (χ2n) is 6.98. The molecule has 8 heteroatoms. The highest BCUT2D eigenvalue weighted by atomic mass is 16.6. The first-order valence-corrected chi connectivity index (χ1v) is 8.69. The minimum Gasteiger partial charge on any atom is -0.441 e. The molecule has 0 bridgehead atoms. The summed E-state index contributed by atoms with van der Waals surface area (Å²) in [5, 5.41) is 11.2. The molecule has 0 aromatic carbocycles. The zero-order chi connectivity index (χ0) is 17.4. The summed E-state index contributed by atoms with van der Waals surface area (Å²) in [7, 11) is 1.99. The van der Waals surface area contributed by atoms with Gasteiger partial charge in [0, 0.05) is 25.7 Å². The molecule has 1 spiro atoms. The van der Waals surface area contributed by atoms with E-state index in [1.54, 1.807) is 0 Å². The maximum absolute atomic E-state index is 11.4. The number of carbonyl (C=O) groups is 1. The molecular formula is C17H23N5O3. The molecule has 2 aromatic rings. The van der Waals surface area contributed by atoms with Crippen molar-refractivity contribution in [1.29, 1.82) is 0 Å². The third kappa shape index (κ3) is 3.13.